The van der Waals surface area contributed by atoms with Crippen LogP contribution in [0.4, 0.5) is 10.8 Å². The third kappa shape index (κ3) is 9.60. The molecule has 0 saturated heterocycles. The van der Waals surface area contributed by atoms with E-state index >= 15 is 0 Å². The number of carbonyl (C=O) groups is 3. The monoisotopic (exact) mass is 804 g/mol. The number of carbonyl (C=O) groups excluding carboxylic acids is 3. The minimum atomic E-state index is -0.586. The lowest BCUT2D eigenvalue weighted by Crippen LogP contribution is -2.30. The van der Waals surface area contributed by atoms with E-state index in [4.69, 9.17) is 9.47 Å². The molecular formula is C41H33BrN4O5S2. The maximum Gasteiger partial charge on any atom is 0.272 e. The first-order valence-corrected chi connectivity index (χ1v) is 18.8. The van der Waals surface area contributed by atoms with Crippen LogP contribution in [0.15, 0.2) is 148 Å². The Morgan fingerprint density at radius 2 is 1.49 bits per heavy atom. The minimum Gasteiger partial charge on any atom is -0.493 e. The zero-order valence-corrected chi connectivity index (χ0v) is 31.8. The molecule has 9 nitrogen and oxygen atoms in total. The lowest BCUT2D eigenvalue weighted by atomic mass is 10.1. The zero-order chi connectivity index (χ0) is 37.2. The molecule has 0 bridgehead atoms. The molecule has 53 heavy (non-hydrogen) atoms. The summed E-state index contributed by atoms with van der Waals surface area (Å²) in [5.74, 6) is -0.331. The number of para-hydroxylation sites is 1. The predicted octanol–water partition coefficient (Wildman–Crippen LogP) is 9.47. The first-order valence-electron chi connectivity index (χ1n) is 16.3. The van der Waals surface area contributed by atoms with Gasteiger partial charge in [0.15, 0.2) is 16.6 Å². The van der Waals surface area contributed by atoms with Crippen molar-refractivity contribution in [2.45, 2.75) is 10.1 Å². The van der Waals surface area contributed by atoms with Gasteiger partial charge in [0.2, 0.25) is 5.91 Å². The third-order valence-electron chi connectivity index (χ3n) is 7.84. The summed E-state index contributed by atoms with van der Waals surface area (Å²) in [6.45, 7) is 0. The Labute approximate surface area is 323 Å². The number of halogens is 1. The molecule has 0 saturated carbocycles. The summed E-state index contributed by atoms with van der Waals surface area (Å²) in [7, 11) is 3.03. The van der Waals surface area contributed by atoms with Gasteiger partial charge in [-0.3, -0.25) is 14.4 Å². The fourth-order valence-corrected chi connectivity index (χ4v) is 7.24. The SMILES string of the molecule is COc1cccc(/C=C(\NC(=O)c2ccccc2)C(=O)Nc2ccc(SC(C(=O)Nc3nc(-c4ccc(Br)cc4)cs3)c3ccccc3)cc2)c1OC. The Hall–Kier alpha value is -5.69. The molecule has 0 aliphatic rings. The van der Waals surface area contributed by atoms with Gasteiger partial charge in [0.1, 0.15) is 10.9 Å². The topological polar surface area (TPSA) is 119 Å². The summed E-state index contributed by atoms with van der Waals surface area (Å²) in [6, 6.07) is 38.4. The third-order valence-corrected chi connectivity index (χ3v) is 10.4. The number of nitrogens with zero attached hydrogens (tertiary/aromatic N) is 1. The van der Waals surface area contributed by atoms with E-state index in [1.807, 2.05) is 72.1 Å². The van der Waals surface area contributed by atoms with Crippen LogP contribution in [0.1, 0.15) is 26.7 Å². The Balaban J connectivity index is 1.19. The van der Waals surface area contributed by atoms with E-state index in [1.54, 1.807) is 60.7 Å². The highest BCUT2D eigenvalue weighted by molar-refractivity contribution is 9.10. The predicted molar refractivity (Wildman–Crippen MR) is 215 cm³/mol. The van der Waals surface area contributed by atoms with Gasteiger partial charge in [0, 0.05) is 37.1 Å². The number of benzene rings is 5. The number of ether oxygens (including phenoxy) is 2. The van der Waals surface area contributed by atoms with Crippen molar-refractivity contribution in [3.63, 3.8) is 0 Å². The van der Waals surface area contributed by atoms with Crippen molar-refractivity contribution in [2.75, 3.05) is 24.9 Å². The van der Waals surface area contributed by atoms with Crippen LogP contribution < -0.4 is 25.4 Å². The molecule has 0 aliphatic carbocycles. The molecule has 0 radical (unpaired) electrons. The number of thiazole rings is 1. The Bertz CT molecular complexity index is 2230. The van der Waals surface area contributed by atoms with Gasteiger partial charge in [-0.2, -0.15) is 0 Å². The van der Waals surface area contributed by atoms with Gasteiger partial charge in [0.05, 0.1) is 19.9 Å². The van der Waals surface area contributed by atoms with Crippen LogP contribution in [0.2, 0.25) is 0 Å². The highest BCUT2D eigenvalue weighted by atomic mass is 79.9. The van der Waals surface area contributed by atoms with Crippen molar-refractivity contribution in [1.82, 2.24) is 10.3 Å². The van der Waals surface area contributed by atoms with E-state index in [2.05, 4.69) is 36.9 Å². The van der Waals surface area contributed by atoms with E-state index in [0.717, 1.165) is 26.2 Å². The van der Waals surface area contributed by atoms with E-state index < -0.39 is 17.1 Å². The summed E-state index contributed by atoms with van der Waals surface area (Å²) in [5, 5.41) is 10.5. The average molecular weight is 806 g/mol. The van der Waals surface area contributed by atoms with Crippen molar-refractivity contribution >= 4 is 73.6 Å². The van der Waals surface area contributed by atoms with Gasteiger partial charge in [-0.05, 0) is 66.2 Å². The summed E-state index contributed by atoms with van der Waals surface area (Å²) in [4.78, 5) is 46.1. The quantitative estimate of drug-likeness (QED) is 0.0787. The molecule has 5 aromatic carbocycles. The zero-order valence-electron chi connectivity index (χ0n) is 28.5. The lowest BCUT2D eigenvalue weighted by Gasteiger charge is -2.17. The smallest absolute Gasteiger partial charge is 0.272 e. The van der Waals surface area contributed by atoms with E-state index in [9.17, 15) is 14.4 Å². The summed E-state index contributed by atoms with van der Waals surface area (Å²) in [5.41, 5.74) is 3.96. The lowest BCUT2D eigenvalue weighted by molar-refractivity contribution is -0.116. The largest absolute Gasteiger partial charge is 0.493 e. The summed E-state index contributed by atoms with van der Waals surface area (Å²) in [6.07, 6.45) is 1.54. The maximum absolute atomic E-state index is 13.7. The molecule has 266 valence electrons. The number of aromatic nitrogens is 1. The highest BCUT2D eigenvalue weighted by Gasteiger charge is 2.24. The number of nitrogens with one attached hydrogen (secondary N) is 3. The Morgan fingerprint density at radius 1 is 0.792 bits per heavy atom. The second kappa shape index (κ2) is 17.7. The molecule has 1 atom stereocenters. The summed E-state index contributed by atoms with van der Waals surface area (Å²) >= 11 is 6.20. The average Bonchev–Trinajstić information content (AvgIpc) is 3.66. The van der Waals surface area contributed by atoms with Crippen LogP contribution in [0.3, 0.4) is 0 Å². The summed E-state index contributed by atoms with van der Waals surface area (Å²) < 4.78 is 12.0. The van der Waals surface area contributed by atoms with Crippen molar-refractivity contribution in [1.29, 1.82) is 0 Å². The molecule has 1 heterocycles. The number of thioether (sulfide) groups is 1. The minimum absolute atomic E-state index is 0.00449. The van der Waals surface area contributed by atoms with Crippen molar-refractivity contribution < 1.29 is 23.9 Å². The molecule has 12 heteroatoms. The molecule has 3 N–H and O–H groups in total. The van der Waals surface area contributed by atoms with Gasteiger partial charge >= 0.3 is 0 Å². The maximum atomic E-state index is 13.7. The van der Waals surface area contributed by atoms with Crippen molar-refractivity contribution in [2.24, 2.45) is 0 Å². The first-order chi connectivity index (χ1) is 25.8. The number of amides is 3. The second-order valence-electron chi connectivity index (χ2n) is 11.4. The normalized spacial score (nSPS) is 11.6. The molecule has 3 amide bonds. The van der Waals surface area contributed by atoms with Crippen LogP contribution in [-0.4, -0.2) is 36.9 Å². The number of anilines is 2. The van der Waals surface area contributed by atoms with Gasteiger partial charge in [-0.15, -0.1) is 23.1 Å². The number of hydrogen-bond donors (Lipinski definition) is 3. The molecular weight excluding hydrogens is 773 g/mol. The van der Waals surface area contributed by atoms with Crippen molar-refractivity contribution in [3.8, 4) is 22.8 Å². The van der Waals surface area contributed by atoms with Gasteiger partial charge in [0.25, 0.3) is 11.8 Å². The van der Waals surface area contributed by atoms with Crippen molar-refractivity contribution in [3.05, 3.63) is 160 Å². The van der Waals surface area contributed by atoms with Crippen LogP contribution in [0.5, 0.6) is 11.5 Å². The fourth-order valence-electron chi connectivity index (χ4n) is 5.23. The molecule has 1 aromatic heterocycles. The Morgan fingerprint density at radius 3 is 2.17 bits per heavy atom. The Kier molecular flexibility index (Phi) is 12.4. The molecule has 0 aliphatic heterocycles. The molecule has 1 unspecified atom stereocenters. The fraction of sp³-hybridized carbons (Fsp3) is 0.0732. The first kappa shape index (κ1) is 37.1. The standard InChI is InChI=1S/C41H33BrN4O5S2/c1-50-35-15-9-14-29(36(35)51-2)24-33(44-38(47)28-12-7-4-8-13-28)39(48)43-31-20-22-32(23-21-31)53-37(27-10-5-3-6-11-27)40(49)46-41-45-34(25-52-41)26-16-18-30(42)19-17-26/h3-25,37H,1-2H3,(H,43,48)(H,44,47)(H,45,46,49)/b33-24-. The second-order valence-corrected chi connectivity index (χ2v) is 14.3. The molecule has 6 aromatic rings. The highest BCUT2D eigenvalue weighted by Crippen LogP contribution is 2.38. The number of hydrogen-bond acceptors (Lipinski definition) is 8. The molecule has 0 spiro atoms. The van der Waals surface area contributed by atoms with E-state index in [-0.39, 0.29) is 11.6 Å². The van der Waals surface area contributed by atoms with E-state index in [0.29, 0.717) is 33.4 Å². The van der Waals surface area contributed by atoms with Crippen LogP contribution >= 0.6 is 39.0 Å². The van der Waals surface area contributed by atoms with Gasteiger partial charge < -0.3 is 25.4 Å². The van der Waals surface area contributed by atoms with Gasteiger partial charge in [-0.1, -0.05) is 88.7 Å². The molecule has 0 fully saturated rings. The number of rotatable bonds is 13. The molecule has 6 rings (SSSR count). The van der Waals surface area contributed by atoms with Gasteiger partial charge in [-0.25, -0.2) is 4.98 Å². The van der Waals surface area contributed by atoms with Crippen LogP contribution in [0, 0.1) is 0 Å². The van der Waals surface area contributed by atoms with E-state index in [1.165, 1.54) is 43.4 Å². The number of methoxy groups -OCH3 is 2. The van der Waals surface area contributed by atoms with Crippen LogP contribution in [-0.2, 0) is 9.59 Å². The van der Waals surface area contributed by atoms with Crippen LogP contribution in [0.25, 0.3) is 17.3 Å².